The first-order valence-corrected chi connectivity index (χ1v) is 14.8. The number of fused-ring (bicyclic) bond motifs is 2. The van der Waals surface area contributed by atoms with Crippen molar-refractivity contribution in [1.29, 1.82) is 0 Å². The Morgan fingerprint density at radius 3 is 2.44 bits per heavy atom. The van der Waals surface area contributed by atoms with Crippen LogP contribution in [0.25, 0.3) is 11.0 Å². The highest BCUT2D eigenvalue weighted by Gasteiger charge is 2.28. The number of aromatic amines is 1. The Bertz CT molecular complexity index is 1270. The molecule has 43 heavy (non-hydrogen) atoms. The lowest BCUT2D eigenvalue weighted by Crippen LogP contribution is -2.40. The van der Waals surface area contributed by atoms with Crippen molar-refractivity contribution in [2.75, 3.05) is 65.1 Å². The summed E-state index contributed by atoms with van der Waals surface area (Å²) < 4.78 is 16.6. The Kier molecular flexibility index (Phi) is 13.9. The normalized spacial score (nSPS) is 14.6. The van der Waals surface area contributed by atoms with Crippen LogP contribution < -0.4 is 11.1 Å². The minimum atomic E-state index is -0.315. The standard InChI is InChI=1S/C31H44N6O5.CH4/c1-3-25-31(39)37(13-7-15-41-17-19-42-18-16-40-14-6-12-32)21-24-20-23(10-11-26(24)33-25)30(38)36(2)22-29-34-27-8-4-5-9-28(27)35-29;/h4-5,8-11,20,25,33H,3,6-7,12-19,21-22,32H2,1-2H3,(H,34,35);1H4/t25-;/m0./s1. The maximum absolute atomic E-state index is 13.3. The maximum Gasteiger partial charge on any atom is 0.254 e. The van der Waals surface area contributed by atoms with Crippen molar-refractivity contribution in [1.82, 2.24) is 19.8 Å². The number of carbonyl (C=O) groups is 2. The number of carbonyl (C=O) groups excluding carboxylic acids is 2. The summed E-state index contributed by atoms with van der Waals surface area (Å²) in [5.41, 5.74) is 9.63. The maximum atomic E-state index is 13.3. The third-order valence-electron chi connectivity index (χ3n) is 7.19. The second kappa shape index (κ2) is 17.6. The molecule has 0 fully saturated rings. The van der Waals surface area contributed by atoms with E-state index in [-0.39, 0.29) is 25.3 Å². The van der Waals surface area contributed by atoms with Crippen molar-refractivity contribution < 1.29 is 23.8 Å². The van der Waals surface area contributed by atoms with Crippen LogP contribution in [0.5, 0.6) is 0 Å². The van der Waals surface area contributed by atoms with E-state index in [0.29, 0.717) is 84.2 Å². The number of para-hydroxylation sites is 2. The van der Waals surface area contributed by atoms with Crippen LogP contribution in [0.2, 0.25) is 0 Å². The van der Waals surface area contributed by atoms with Gasteiger partial charge >= 0.3 is 0 Å². The van der Waals surface area contributed by atoms with E-state index in [0.717, 1.165) is 34.5 Å². The molecule has 4 rings (SSSR count). The Hall–Kier alpha value is -3.51. The number of amides is 2. The fourth-order valence-electron chi connectivity index (χ4n) is 4.90. The average molecular weight is 597 g/mol. The number of rotatable bonds is 17. The lowest BCUT2D eigenvalue weighted by Gasteiger charge is -2.24. The molecule has 1 aromatic heterocycles. The molecule has 1 aliphatic heterocycles. The van der Waals surface area contributed by atoms with Gasteiger partial charge in [-0.2, -0.15) is 0 Å². The monoisotopic (exact) mass is 596 g/mol. The van der Waals surface area contributed by atoms with Crippen LogP contribution in [-0.4, -0.2) is 97.4 Å². The van der Waals surface area contributed by atoms with Gasteiger partial charge in [0.2, 0.25) is 5.91 Å². The van der Waals surface area contributed by atoms with E-state index in [2.05, 4.69) is 15.3 Å². The van der Waals surface area contributed by atoms with E-state index in [1.165, 1.54) is 0 Å². The number of nitrogens with zero attached hydrogens (tertiary/aromatic N) is 3. The largest absolute Gasteiger partial charge is 0.379 e. The zero-order valence-electron chi connectivity index (χ0n) is 24.8. The minimum Gasteiger partial charge on any atom is -0.379 e. The predicted octanol–water partition coefficient (Wildman–Crippen LogP) is 3.79. The molecule has 0 aliphatic carbocycles. The molecule has 1 atom stereocenters. The van der Waals surface area contributed by atoms with Crippen LogP contribution in [-0.2, 0) is 32.1 Å². The van der Waals surface area contributed by atoms with Gasteiger partial charge in [-0.05, 0) is 61.7 Å². The molecule has 2 amide bonds. The molecule has 11 nitrogen and oxygen atoms in total. The SMILES string of the molecule is C.CC[C@@H]1Nc2ccc(C(=O)N(C)Cc3nc4ccccc4[nH]3)cc2CN(CCCOCCOCCOCCCN)C1=O. The topological polar surface area (TPSA) is 135 Å². The molecule has 0 saturated heterocycles. The van der Waals surface area contributed by atoms with Crippen LogP contribution in [0.15, 0.2) is 42.5 Å². The molecule has 4 N–H and O–H groups in total. The smallest absolute Gasteiger partial charge is 0.254 e. The molecule has 0 saturated carbocycles. The zero-order valence-corrected chi connectivity index (χ0v) is 24.8. The number of aromatic nitrogens is 2. The van der Waals surface area contributed by atoms with Gasteiger partial charge in [0.25, 0.3) is 5.91 Å². The lowest BCUT2D eigenvalue weighted by molar-refractivity contribution is -0.132. The summed E-state index contributed by atoms with van der Waals surface area (Å²) in [4.78, 5) is 38.0. The van der Waals surface area contributed by atoms with Gasteiger partial charge in [-0.25, -0.2) is 4.98 Å². The zero-order chi connectivity index (χ0) is 29.7. The third kappa shape index (κ3) is 9.75. The van der Waals surface area contributed by atoms with Crippen molar-refractivity contribution in [3.05, 3.63) is 59.4 Å². The first kappa shape index (κ1) is 34.0. The van der Waals surface area contributed by atoms with E-state index >= 15 is 0 Å². The van der Waals surface area contributed by atoms with Crippen molar-refractivity contribution >= 4 is 28.5 Å². The van der Waals surface area contributed by atoms with Gasteiger partial charge in [-0.1, -0.05) is 26.5 Å². The van der Waals surface area contributed by atoms with Crippen LogP contribution in [0.3, 0.4) is 0 Å². The number of hydrogen-bond donors (Lipinski definition) is 3. The fourth-order valence-corrected chi connectivity index (χ4v) is 4.90. The van der Waals surface area contributed by atoms with Gasteiger partial charge in [0, 0.05) is 44.6 Å². The van der Waals surface area contributed by atoms with E-state index in [1.807, 2.05) is 54.3 Å². The molecule has 0 bridgehead atoms. The molecule has 2 heterocycles. The Labute approximate surface area is 255 Å². The average Bonchev–Trinajstić information content (AvgIpc) is 3.35. The van der Waals surface area contributed by atoms with Gasteiger partial charge in [-0.15, -0.1) is 0 Å². The number of nitrogens with one attached hydrogen (secondary N) is 2. The van der Waals surface area contributed by atoms with Crippen molar-refractivity contribution in [2.24, 2.45) is 5.73 Å². The first-order valence-electron chi connectivity index (χ1n) is 14.8. The van der Waals surface area contributed by atoms with Crippen LogP contribution >= 0.6 is 0 Å². The van der Waals surface area contributed by atoms with Crippen molar-refractivity contribution in [3.63, 3.8) is 0 Å². The molecule has 1 aliphatic rings. The number of hydrogen-bond acceptors (Lipinski definition) is 8. The number of anilines is 1. The minimum absolute atomic E-state index is 0. The molecular weight excluding hydrogens is 548 g/mol. The molecule has 0 radical (unpaired) electrons. The van der Waals surface area contributed by atoms with Crippen molar-refractivity contribution in [3.8, 4) is 0 Å². The van der Waals surface area contributed by atoms with Gasteiger partial charge in [-0.3, -0.25) is 9.59 Å². The fraction of sp³-hybridized carbons (Fsp3) is 0.531. The molecule has 0 unspecified atom stereocenters. The molecule has 236 valence electrons. The van der Waals surface area contributed by atoms with Crippen LogP contribution in [0.1, 0.15) is 55.4 Å². The summed E-state index contributed by atoms with van der Waals surface area (Å²) in [6, 6.07) is 13.1. The molecule has 3 aromatic rings. The lowest BCUT2D eigenvalue weighted by atomic mass is 10.1. The summed E-state index contributed by atoms with van der Waals surface area (Å²) in [7, 11) is 1.77. The van der Waals surface area contributed by atoms with Crippen LogP contribution in [0, 0.1) is 0 Å². The Morgan fingerprint density at radius 2 is 1.74 bits per heavy atom. The number of ether oxygens (including phenoxy) is 3. The van der Waals surface area contributed by atoms with Gasteiger partial charge in [0.15, 0.2) is 0 Å². The summed E-state index contributed by atoms with van der Waals surface area (Å²) in [5.74, 6) is 0.680. The summed E-state index contributed by atoms with van der Waals surface area (Å²) in [6.07, 6.45) is 2.22. The predicted molar refractivity (Wildman–Crippen MR) is 169 cm³/mol. The molecule has 0 spiro atoms. The first-order chi connectivity index (χ1) is 20.5. The molecule has 2 aromatic carbocycles. The van der Waals surface area contributed by atoms with Crippen molar-refractivity contribution in [2.45, 2.75) is 52.7 Å². The Morgan fingerprint density at radius 1 is 1.05 bits per heavy atom. The number of H-pyrrole nitrogens is 1. The second-order valence-electron chi connectivity index (χ2n) is 10.4. The number of nitrogens with two attached hydrogens (primary N) is 1. The van der Waals surface area contributed by atoms with E-state index < -0.39 is 0 Å². The van der Waals surface area contributed by atoms with Crippen LogP contribution in [0.4, 0.5) is 5.69 Å². The van der Waals surface area contributed by atoms with E-state index in [9.17, 15) is 9.59 Å². The number of imidazole rings is 1. The summed E-state index contributed by atoms with van der Waals surface area (Å²) in [6.45, 7) is 7.24. The highest BCUT2D eigenvalue weighted by molar-refractivity contribution is 5.95. The number of benzene rings is 2. The molecular formula is C32H48N6O5. The third-order valence-corrected chi connectivity index (χ3v) is 7.19. The second-order valence-corrected chi connectivity index (χ2v) is 10.4. The Balaban J connectivity index is 0.00000506. The van der Waals surface area contributed by atoms with E-state index in [4.69, 9.17) is 19.9 Å². The quantitative estimate of drug-likeness (QED) is 0.200. The van der Waals surface area contributed by atoms with Gasteiger partial charge in [0.1, 0.15) is 11.9 Å². The van der Waals surface area contributed by atoms with Gasteiger partial charge < -0.3 is 40.0 Å². The molecule has 11 heteroatoms. The van der Waals surface area contributed by atoms with Gasteiger partial charge in [0.05, 0.1) is 44.0 Å². The van der Waals surface area contributed by atoms with E-state index in [1.54, 1.807) is 11.9 Å². The highest BCUT2D eigenvalue weighted by Crippen LogP contribution is 2.26. The highest BCUT2D eigenvalue weighted by atomic mass is 16.5. The summed E-state index contributed by atoms with van der Waals surface area (Å²) in [5, 5.41) is 3.39. The summed E-state index contributed by atoms with van der Waals surface area (Å²) >= 11 is 0.